The van der Waals surface area contributed by atoms with Gasteiger partial charge in [-0.05, 0) is 135 Å². The number of rotatable bonds is 13. The van der Waals surface area contributed by atoms with Crippen LogP contribution in [0.1, 0.15) is 93.9 Å². The van der Waals surface area contributed by atoms with Crippen molar-refractivity contribution in [1.29, 1.82) is 0 Å². The van der Waals surface area contributed by atoms with Crippen LogP contribution in [0.3, 0.4) is 0 Å². The van der Waals surface area contributed by atoms with Crippen molar-refractivity contribution >= 4 is 58.8 Å². The van der Waals surface area contributed by atoms with E-state index in [2.05, 4.69) is 13.8 Å². The van der Waals surface area contributed by atoms with Crippen molar-refractivity contribution in [2.24, 2.45) is 23.7 Å². The highest BCUT2D eigenvalue weighted by molar-refractivity contribution is 5.88. The van der Waals surface area contributed by atoms with Gasteiger partial charge in [0.1, 0.15) is 24.7 Å². The third-order valence-electron chi connectivity index (χ3n) is 11.2. The van der Waals surface area contributed by atoms with Crippen LogP contribution in [0.15, 0.2) is 97.1 Å². The van der Waals surface area contributed by atoms with Crippen molar-refractivity contribution in [2.45, 2.75) is 84.8 Å². The molecule has 2 aliphatic rings. The Bertz CT molecular complexity index is 2150. The molecule has 4 aromatic rings. The first-order chi connectivity index (χ1) is 29.3. The van der Waals surface area contributed by atoms with Gasteiger partial charge in [0, 0.05) is 46.0 Å². The van der Waals surface area contributed by atoms with Crippen LogP contribution in [0, 0.1) is 23.7 Å². The Morgan fingerprint density at radius 1 is 0.557 bits per heavy atom. The van der Waals surface area contributed by atoms with Gasteiger partial charge in [-0.25, -0.2) is 9.59 Å². The number of carbonyl (C=O) groups excluding carboxylic acids is 4. The summed E-state index contributed by atoms with van der Waals surface area (Å²) in [7, 11) is 0. The molecule has 6 rings (SSSR count). The molecule has 0 amide bonds. The summed E-state index contributed by atoms with van der Waals surface area (Å²) in [6.45, 7) is 4.57. The molecule has 0 aromatic heterocycles. The summed E-state index contributed by atoms with van der Waals surface area (Å²) < 4.78 is 21.5. The molecule has 0 aliphatic heterocycles. The Balaban J connectivity index is 0.000000231. The van der Waals surface area contributed by atoms with Crippen LogP contribution in [0.4, 0.5) is 22.7 Å². The molecule has 0 radical (unpaired) electrons. The second kappa shape index (κ2) is 22.7. The maximum atomic E-state index is 12.4. The summed E-state index contributed by atoms with van der Waals surface area (Å²) in [6.07, 6.45) is 15.1. The lowest BCUT2D eigenvalue weighted by atomic mass is 9.81. The number of ether oxygens (including phenoxy) is 4. The first-order valence-corrected chi connectivity index (χ1v) is 21.0. The van der Waals surface area contributed by atoms with Gasteiger partial charge in [-0.3, -0.25) is 9.59 Å². The minimum absolute atomic E-state index is 0.00719. The number of hydrogen-bond acceptors (Lipinski definition) is 12. The van der Waals surface area contributed by atoms with E-state index in [1.54, 1.807) is 97.1 Å². The fourth-order valence-electron chi connectivity index (χ4n) is 7.21. The summed E-state index contributed by atoms with van der Waals surface area (Å²) in [5.41, 5.74) is 28.1. The molecule has 322 valence electrons. The summed E-state index contributed by atoms with van der Waals surface area (Å²) >= 11 is 0. The lowest BCUT2D eigenvalue weighted by Gasteiger charge is -2.26. The highest BCUT2D eigenvalue weighted by atomic mass is 16.5. The summed E-state index contributed by atoms with van der Waals surface area (Å²) in [6, 6.07) is 24.2. The highest BCUT2D eigenvalue weighted by Gasteiger charge is 2.27. The quantitative estimate of drug-likeness (QED) is 0.0430. The molecule has 2 saturated carbocycles. The average molecular weight is 831 g/mol. The second-order valence-corrected chi connectivity index (χ2v) is 15.9. The Hall–Kier alpha value is -6.56. The molecule has 12 heteroatoms. The van der Waals surface area contributed by atoms with Crippen molar-refractivity contribution in [2.75, 3.05) is 22.9 Å². The molecular weight excluding hydrogens is 773 g/mol. The molecule has 0 saturated heterocycles. The second-order valence-electron chi connectivity index (χ2n) is 15.9. The molecule has 8 N–H and O–H groups in total. The maximum absolute atomic E-state index is 12.4. The first kappa shape index (κ1) is 45.5. The van der Waals surface area contributed by atoms with Gasteiger partial charge < -0.3 is 41.9 Å². The van der Waals surface area contributed by atoms with E-state index >= 15 is 0 Å². The molecule has 12 nitrogen and oxygen atoms in total. The van der Waals surface area contributed by atoms with E-state index in [1.807, 2.05) is 0 Å². The van der Waals surface area contributed by atoms with Gasteiger partial charge in [0.2, 0.25) is 0 Å². The highest BCUT2D eigenvalue weighted by Crippen LogP contribution is 2.32. The number of carbonyl (C=O) groups is 4. The molecule has 0 atom stereocenters. The van der Waals surface area contributed by atoms with Crippen molar-refractivity contribution < 1.29 is 38.1 Å². The number of nitrogen functional groups attached to an aromatic ring is 4. The number of nitrogens with two attached hydrogens (primary N) is 4. The molecule has 2 aliphatic carbocycles. The monoisotopic (exact) mass is 830 g/mol. The predicted octanol–water partition coefficient (Wildman–Crippen LogP) is 9.07. The molecular formula is C49H58N4O8. The van der Waals surface area contributed by atoms with Crippen molar-refractivity contribution in [3.05, 3.63) is 119 Å². The van der Waals surface area contributed by atoms with E-state index in [9.17, 15) is 19.2 Å². The Labute approximate surface area is 358 Å². The standard InChI is InChI=1S/C25H30N2O4.C24H28N2O4/c1-2-17-3-8-19(9-4-17)25(29)31-22-12-5-18(6-13-22)7-14-24(28)30-16-20-10-11-21(26)15-23(20)27;1-16-2-7-18(8-3-16)24(28)30-21-11-4-17(5-12-21)6-13-23(27)29-15-19-9-10-20(25)14-22(19)26/h5-7,10-15,17,19H,2-4,8-9,16,26-27H2,1H3;4-6,9-14,16,18H,2-3,7-8,15,25-26H2,1H3/b14-7+;13-6+. The van der Waals surface area contributed by atoms with Crippen molar-refractivity contribution in [3.63, 3.8) is 0 Å². The summed E-state index contributed by atoms with van der Waals surface area (Å²) in [4.78, 5) is 48.6. The van der Waals surface area contributed by atoms with Gasteiger partial charge in [0.05, 0.1) is 11.8 Å². The van der Waals surface area contributed by atoms with Crippen LogP contribution in [-0.2, 0) is 41.9 Å². The lowest BCUT2D eigenvalue weighted by Crippen LogP contribution is -2.25. The van der Waals surface area contributed by atoms with Crippen LogP contribution in [-0.4, -0.2) is 23.9 Å². The Morgan fingerprint density at radius 3 is 1.33 bits per heavy atom. The molecule has 0 unspecified atom stereocenters. The first-order valence-electron chi connectivity index (χ1n) is 21.0. The smallest absolute Gasteiger partial charge is 0.331 e. The third-order valence-corrected chi connectivity index (χ3v) is 11.2. The summed E-state index contributed by atoms with van der Waals surface area (Å²) in [5.74, 6) is 1.18. The van der Waals surface area contributed by atoms with E-state index in [0.717, 1.165) is 68.4 Å². The SMILES string of the molecule is CC1CCC(C(=O)Oc2ccc(/C=C/C(=O)OCc3ccc(N)cc3N)cc2)CC1.CCC1CCC(C(=O)Oc2ccc(/C=C/C(=O)OCc3ccc(N)cc3N)cc2)CC1. The fraction of sp³-hybridized carbons (Fsp3) is 0.347. The Kier molecular flexibility index (Phi) is 16.9. The van der Waals surface area contributed by atoms with Crippen LogP contribution in [0.2, 0.25) is 0 Å². The van der Waals surface area contributed by atoms with Crippen LogP contribution < -0.4 is 32.4 Å². The zero-order chi connectivity index (χ0) is 43.7. The molecule has 0 heterocycles. The van der Waals surface area contributed by atoms with Crippen LogP contribution in [0.5, 0.6) is 11.5 Å². The lowest BCUT2D eigenvalue weighted by molar-refractivity contribution is -0.141. The minimum atomic E-state index is -0.478. The van der Waals surface area contributed by atoms with Crippen molar-refractivity contribution in [1.82, 2.24) is 0 Å². The van der Waals surface area contributed by atoms with E-state index in [0.29, 0.717) is 51.3 Å². The van der Waals surface area contributed by atoms with Crippen LogP contribution in [0.25, 0.3) is 12.2 Å². The van der Waals surface area contributed by atoms with E-state index in [4.69, 9.17) is 41.9 Å². The van der Waals surface area contributed by atoms with E-state index < -0.39 is 11.9 Å². The molecule has 4 aromatic carbocycles. The van der Waals surface area contributed by atoms with E-state index in [1.165, 1.54) is 18.6 Å². The van der Waals surface area contributed by atoms with Crippen LogP contribution >= 0.6 is 0 Å². The van der Waals surface area contributed by atoms with Gasteiger partial charge in [-0.2, -0.15) is 0 Å². The summed E-state index contributed by atoms with van der Waals surface area (Å²) in [5, 5.41) is 0. The topological polar surface area (TPSA) is 209 Å². The molecule has 2 fully saturated rings. The normalized spacial score (nSPS) is 18.7. The zero-order valence-corrected chi connectivity index (χ0v) is 35.1. The molecule has 0 bridgehead atoms. The number of esters is 4. The third kappa shape index (κ3) is 14.9. The fourth-order valence-corrected chi connectivity index (χ4v) is 7.21. The van der Waals surface area contributed by atoms with Gasteiger partial charge in [0.25, 0.3) is 0 Å². The van der Waals surface area contributed by atoms with Gasteiger partial charge in [-0.15, -0.1) is 0 Å². The number of anilines is 4. The average Bonchev–Trinajstić information content (AvgIpc) is 3.25. The molecule has 0 spiro atoms. The van der Waals surface area contributed by atoms with Crippen molar-refractivity contribution in [3.8, 4) is 11.5 Å². The maximum Gasteiger partial charge on any atom is 0.331 e. The number of hydrogen-bond donors (Lipinski definition) is 4. The number of benzene rings is 4. The largest absolute Gasteiger partial charge is 0.458 e. The van der Waals surface area contributed by atoms with Gasteiger partial charge in [0.15, 0.2) is 0 Å². The zero-order valence-electron chi connectivity index (χ0n) is 35.1. The predicted molar refractivity (Wildman–Crippen MR) is 239 cm³/mol. The minimum Gasteiger partial charge on any atom is -0.458 e. The van der Waals surface area contributed by atoms with E-state index in [-0.39, 0.29) is 37.0 Å². The van der Waals surface area contributed by atoms with Gasteiger partial charge in [-0.1, -0.05) is 56.7 Å². The van der Waals surface area contributed by atoms with Gasteiger partial charge >= 0.3 is 23.9 Å². The Morgan fingerprint density at radius 2 is 0.951 bits per heavy atom. The molecule has 61 heavy (non-hydrogen) atoms.